The number of nitriles is 1. The molecule has 0 fully saturated rings. The van der Waals surface area contributed by atoms with E-state index in [1.807, 2.05) is 31.2 Å². The van der Waals surface area contributed by atoms with Crippen LogP contribution in [0.25, 0.3) is 16.6 Å². The van der Waals surface area contributed by atoms with Crippen molar-refractivity contribution in [2.24, 2.45) is 0 Å². The summed E-state index contributed by atoms with van der Waals surface area (Å²) < 4.78 is 10.5. The number of nitrogens with zero attached hydrogens (tertiary/aromatic N) is 3. The normalized spacial score (nSPS) is 10.5. The zero-order valence-electron chi connectivity index (χ0n) is 15.9. The molecule has 0 saturated heterocycles. The maximum Gasteiger partial charge on any atom is 0.250 e. The zero-order valence-corrected chi connectivity index (χ0v) is 16.7. The Morgan fingerprint density at radius 3 is 2.90 bits per heavy atom. The maximum absolute atomic E-state index is 12.3. The lowest BCUT2D eigenvalue weighted by atomic mass is 10.2. The smallest absolute Gasteiger partial charge is 0.250 e. The van der Waals surface area contributed by atoms with Gasteiger partial charge in [0.25, 0.3) is 0 Å². The summed E-state index contributed by atoms with van der Waals surface area (Å²) in [6, 6.07) is 12.8. The van der Waals surface area contributed by atoms with Gasteiger partial charge in [-0.1, -0.05) is 23.5 Å². The lowest BCUT2D eigenvalue weighted by molar-refractivity contribution is -0.111. The van der Waals surface area contributed by atoms with Crippen LogP contribution in [0.2, 0.25) is 0 Å². The molecule has 0 saturated carbocycles. The van der Waals surface area contributed by atoms with Crippen molar-refractivity contribution in [1.82, 2.24) is 9.97 Å². The first-order valence-corrected chi connectivity index (χ1v) is 9.48. The molecule has 3 rings (SSSR count). The molecule has 0 radical (unpaired) electrons. The van der Waals surface area contributed by atoms with E-state index in [0.29, 0.717) is 16.6 Å². The van der Waals surface area contributed by atoms with E-state index in [2.05, 4.69) is 15.3 Å². The molecule has 0 aliphatic heterocycles. The minimum Gasteiger partial charge on any atom is -0.493 e. The molecule has 0 atom stereocenters. The van der Waals surface area contributed by atoms with E-state index in [1.54, 1.807) is 30.5 Å². The van der Waals surface area contributed by atoms with Gasteiger partial charge < -0.3 is 9.47 Å². The van der Waals surface area contributed by atoms with Crippen LogP contribution in [0.3, 0.4) is 0 Å². The number of carbonyl (C=O) groups is 1. The molecule has 29 heavy (non-hydrogen) atoms. The number of hydrogen-bond donors (Lipinski definition) is 1. The third-order valence-corrected chi connectivity index (χ3v) is 4.93. The summed E-state index contributed by atoms with van der Waals surface area (Å²) in [5.41, 5.74) is 2.39. The van der Waals surface area contributed by atoms with Crippen LogP contribution in [0.4, 0.5) is 5.13 Å². The van der Waals surface area contributed by atoms with Crippen molar-refractivity contribution in [1.29, 1.82) is 5.26 Å². The predicted octanol–water partition coefficient (Wildman–Crippen LogP) is 4.08. The van der Waals surface area contributed by atoms with Gasteiger partial charge in [-0.05, 0) is 42.8 Å². The van der Waals surface area contributed by atoms with Crippen molar-refractivity contribution in [3.8, 4) is 28.1 Å². The molecule has 0 aliphatic carbocycles. The third-order valence-electron chi connectivity index (χ3n) is 3.83. The summed E-state index contributed by atoms with van der Waals surface area (Å²) in [7, 11) is 1.51. The van der Waals surface area contributed by atoms with Crippen LogP contribution in [0.1, 0.15) is 11.3 Å². The highest BCUT2D eigenvalue weighted by molar-refractivity contribution is 7.19. The number of benzene rings is 1. The molecule has 0 aliphatic rings. The molecule has 8 heteroatoms. The molecule has 146 valence electrons. The summed E-state index contributed by atoms with van der Waals surface area (Å²) in [6.07, 6.45) is 4.80. The van der Waals surface area contributed by atoms with E-state index in [4.69, 9.17) is 14.7 Å². The van der Waals surface area contributed by atoms with Crippen LogP contribution in [-0.2, 0) is 4.79 Å². The fourth-order valence-corrected chi connectivity index (χ4v) is 3.47. The van der Waals surface area contributed by atoms with Gasteiger partial charge in [0.1, 0.15) is 6.07 Å². The Hall–Kier alpha value is -3.70. The molecule has 0 bridgehead atoms. The Morgan fingerprint density at radius 2 is 2.17 bits per heavy atom. The van der Waals surface area contributed by atoms with Crippen molar-refractivity contribution in [2.75, 3.05) is 19.0 Å². The number of rotatable bonds is 7. The number of hydrogen-bond acceptors (Lipinski definition) is 7. The van der Waals surface area contributed by atoms with E-state index >= 15 is 0 Å². The second-order valence-corrected chi connectivity index (χ2v) is 6.83. The van der Waals surface area contributed by atoms with Crippen molar-refractivity contribution in [2.45, 2.75) is 6.92 Å². The number of thiazole rings is 1. The van der Waals surface area contributed by atoms with Gasteiger partial charge >= 0.3 is 0 Å². The predicted molar refractivity (Wildman–Crippen MR) is 112 cm³/mol. The van der Waals surface area contributed by atoms with Gasteiger partial charge in [-0.25, -0.2) is 4.98 Å². The van der Waals surface area contributed by atoms with Crippen LogP contribution in [0, 0.1) is 18.3 Å². The number of aromatic nitrogens is 2. The van der Waals surface area contributed by atoms with Crippen LogP contribution >= 0.6 is 11.3 Å². The molecule has 1 aromatic carbocycles. The summed E-state index contributed by atoms with van der Waals surface area (Å²) in [5, 5.41) is 11.9. The number of methoxy groups -OCH3 is 1. The monoisotopic (exact) mass is 406 g/mol. The van der Waals surface area contributed by atoms with E-state index < -0.39 is 0 Å². The highest BCUT2D eigenvalue weighted by Gasteiger charge is 2.12. The molecule has 0 spiro atoms. The Labute approximate surface area is 172 Å². The summed E-state index contributed by atoms with van der Waals surface area (Å²) in [4.78, 5) is 21.9. The van der Waals surface area contributed by atoms with Crippen molar-refractivity contribution in [3.63, 3.8) is 0 Å². The van der Waals surface area contributed by atoms with Gasteiger partial charge in [-0.2, -0.15) is 5.26 Å². The summed E-state index contributed by atoms with van der Waals surface area (Å²) >= 11 is 1.38. The van der Waals surface area contributed by atoms with Gasteiger partial charge in [-0.15, -0.1) is 0 Å². The molecule has 2 aromatic heterocycles. The first-order chi connectivity index (χ1) is 14.1. The number of pyridine rings is 1. The Balaban J connectivity index is 1.68. The number of amides is 1. The summed E-state index contributed by atoms with van der Waals surface area (Å²) in [5.74, 6) is 0.657. The fraction of sp³-hybridized carbons (Fsp3) is 0.143. The lowest BCUT2D eigenvalue weighted by Crippen LogP contribution is -2.07. The summed E-state index contributed by atoms with van der Waals surface area (Å²) in [6.45, 7) is 1.82. The number of aryl methyl sites for hydroxylation is 1. The minimum atomic E-state index is -0.296. The average Bonchev–Trinajstić information content (AvgIpc) is 3.11. The lowest BCUT2D eigenvalue weighted by Gasteiger charge is -2.08. The van der Waals surface area contributed by atoms with Crippen LogP contribution < -0.4 is 14.8 Å². The second kappa shape index (κ2) is 9.48. The second-order valence-electron chi connectivity index (χ2n) is 5.83. The first-order valence-electron chi connectivity index (χ1n) is 8.66. The number of nitrogens with one attached hydrogen (secondary N) is 1. The van der Waals surface area contributed by atoms with Gasteiger partial charge in [0.05, 0.1) is 23.4 Å². The molecule has 0 unspecified atom stereocenters. The number of ether oxygens (including phenoxy) is 2. The van der Waals surface area contributed by atoms with Crippen molar-refractivity contribution >= 4 is 28.5 Å². The zero-order chi connectivity index (χ0) is 20.6. The van der Waals surface area contributed by atoms with E-state index in [9.17, 15) is 4.79 Å². The van der Waals surface area contributed by atoms with Crippen LogP contribution in [-0.4, -0.2) is 29.6 Å². The van der Waals surface area contributed by atoms with Crippen molar-refractivity contribution in [3.05, 3.63) is 59.9 Å². The Kier molecular flexibility index (Phi) is 6.55. The van der Waals surface area contributed by atoms with Crippen molar-refractivity contribution < 1.29 is 14.3 Å². The van der Waals surface area contributed by atoms with E-state index in [-0.39, 0.29) is 12.5 Å². The van der Waals surface area contributed by atoms with Crippen LogP contribution in [0.5, 0.6) is 11.5 Å². The first kappa shape index (κ1) is 20.0. The quantitative estimate of drug-likeness (QED) is 0.594. The molecular formula is C21H18N4O3S. The molecule has 1 N–H and O–H groups in total. The maximum atomic E-state index is 12.3. The highest BCUT2D eigenvalue weighted by Crippen LogP contribution is 2.31. The molecule has 3 aromatic rings. The van der Waals surface area contributed by atoms with Gasteiger partial charge in [0.15, 0.2) is 23.2 Å². The number of carbonyl (C=O) groups excluding carboxylic acids is 1. The van der Waals surface area contributed by atoms with E-state index in [0.717, 1.165) is 21.8 Å². The average molecular weight is 406 g/mol. The van der Waals surface area contributed by atoms with Crippen LogP contribution in [0.15, 0.2) is 48.7 Å². The third kappa shape index (κ3) is 5.18. The van der Waals surface area contributed by atoms with E-state index in [1.165, 1.54) is 24.5 Å². The largest absolute Gasteiger partial charge is 0.493 e. The standard InChI is InChI=1S/C21H18N4O3S/c1-14-20(16-5-3-4-11-23-16)29-21(24-14)25-19(26)9-7-15-6-8-17(28-12-10-22)18(13-15)27-2/h3-9,11,13H,12H2,1-2H3,(H,24,25,26)/b9-7+. The fourth-order valence-electron chi connectivity index (χ4n) is 2.52. The SMILES string of the molecule is COc1cc(/C=C/C(=O)Nc2nc(C)c(-c3ccccn3)s2)ccc1OCC#N. The minimum absolute atomic E-state index is 0.0678. The number of anilines is 1. The molecular weight excluding hydrogens is 388 g/mol. The van der Waals surface area contributed by atoms with Gasteiger partial charge in [0, 0.05) is 12.3 Å². The topological polar surface area (TPSA) is 97.1 Å². The highest BCUT2D eigenvalue weighted by atomic mass is 32.1. The molecule has 2 heterocycles. The van der Waals surface area contributed by atoms with Gasteiger partial charge in [0.2, 0.25) is 5.91 Å². The molecule has 7 nitrogen and oxygen atoms in total. The van der Waals surface area contributed by atoms with Gasteiger partial charge in [-0.3, -0.25) is 15.1 Å². The Morgan fingerprint density at radius 1 is 1.31 bits per heavy atom. The Bertz CT molecular complexity index is 1070. The molecule has 1 amide bonds.